The minimum Gasteiger partial charge on any atom is -0.506 e. The Morgan fingerprint density at radius 1 is 1.16 bits per heavy atom. The molecule has 3 rings (SSSR count). The summed E-state index contributed by atoms with van der Waals surface area (Å²) in [5.74, 6) is -0.314. The van der Waals surface area contributed by atoms with Crippen molar-refractivity contribution >= 4 is 63.2 Å². The van der Waals surface area contributed by atoms with Crippen molar-refractivity contribution in [1.29, 1.82) is 0 Å². The van der Waals surface area contributed by atoms with E-state index in [0.717, 1.165) is 19.6 Å². The molecule has 0 unspecified atom stereocenters. The number of halogens is 2. The van der Waals surface area contributed by atoms with E-state index < -0.39 is 11.9 Å². The smallest absolute Gasteiger partial charge is 0.329 e. The van der Waals surface area contributed by atoms with E-state index in [1.54, 1.807) is 6.07 Å². The number of amides is 3. The highest BCUT2D eigenvalue weighted by Crippen LogP contribution is 2.29. The molecule has 1 aliphatic heterocycles. The zero-order valence-corrected chi connectivity index (χ0v) is 17.5. The lowest BCUT2D eigenvalue weighted by molar-refractivity contribution is -0.123. The number of hydrogen-bond acceptors (Lipinski definition) is 3. The number of aromatic hydroxyl groups is 1. The summed E-state index contributed by atoms with van der Waals surface area (Å²) in [5.41, 5.74) is 2.65. The number of carbonyl (C=O) groups is 2. The van der Waals surface area contributed by atoms with Crippen LogP contribution in [0.4, 0.5) is 4.79 Å². The molecule has 0 radical (unpaired) electrons. The molecule has 5 nitrogen and oxygen atoms in total. The maximum atomic E-state index is 12.6. The van der Waals surface area contributed by atoms with Crippen molar-refractivity contribution in [2.75, 3.05) is 0 Å². The van der Waals surface area contributed by atoms with E-state index in [2.05, 4.69) is 27.9 Å². The highest BCUT2D eigenvalue weighted by molar-refractivity contribution is 14.1. The predicted molar refractivity (Wildman–Crippen MR) is 112 cm³/mol. The van der Waals surface area contributed by atoms with E-state index in [-0.39, 0.29) is 18.0 Å². The van der Waals surface area contributed by atoms with Crippen molar-refractivity contribution in [2.45, 2.75) is 13.5 Å². The number of urea groups is 1. The molecule has 1 heterocycles. The normalized spacial score (nSPS) is 15.8. The average Bonchev–Trinajstić information content (AvgIpc) is 2.81. The Hall–Kier alpha value is -1.62. The van der Waals surface area contributed by atoms with Crippen LogP contribution in [0.2, 0.25) is 0 Å². The molecule has 2 aromatic rings. The number of imide groups is 1. The molecular formula is C18H14I2N2O3. The van der Waals surface area contributed by atoms with Gasteiger partial charge in [0.2, 0.25) is 0 Å². The van der Waals surface area contributed by atoms with Crippen molar-refractivity contribution in [1.82, 2.24) is 10.2 Å². The van der Waals surface area contributed by atoms with Crippen LogP contribution in [0.25, 0.3) is 6.08 Å². The van der Waals surface area contributed by atoms with E-state index >= 15 is 0 Å². The highest BCUT2D eigenvalue weighted by Gasteiger charge is 2.33. The van der Waals surface area contributed by atoms with Gasteiger partial charge in [0.1, 0.15) is 11.4 Å². The Balaban J connectivity index is 1.87. The highest BCUT2D eigenvalue weighted by atomic mass is 127. The lowest BCUT2D eigenvalue weighted by atomic mass is 10.1. The van der Waals surface area contributed by atoms with Crippen LogP contribution in [0.15, 0.2) is 42.1 Å². The minimum absolute atomic E-state index is 0.0903. The zero-order chi connectivity index (χ0) is 18.1. The standard InChI is InChI=1S/C18H14I2N2O3/c1-10-2-4-11(5-3-10)9-22-17(24)15(21-18(22)25)7-12-6-13(19)8-14(20)16(12)23/h2-8,23H,9H2,1H3,(H,21,25)/b15-7+. The first-order valence-electron chi connectivity index (χ1n) is 7.43. The number of aryl methyl sites for hydroxylation is 1. The lowest BCUT2D eigenvalue weighted by Gasteiger charge is -2.11. The third kappa shape index (κ3) is 3.97. The summed E-state index contributed by atoms with van der Waals surface area (Å²) in [6.07, 6.45) is 1.51. The van der Waals surface area contributed by atoms with Gasteiger partial charge >= 0.3 is 6.03 Å². The van der Waals surface area contributed by atoms with E-state index in [4.69, 9.17) is 0 Å². The first-order chi connectivity index (χ1) is 11.8. The van der Waals surface area contributed by atoms with Crippen LogP contribution < -0.4 is 5.32 Å². The Kier molecular flexibility index (Phi) is 5.32. The molecule has 2 N–H and O–H groups in total. The molecule has 2 aromatic carbocycles. The van der Waals surface area contributed by atoms with Gasteiger partial charge in [-0.3, -0.25) is 9.69 Å². The fraction of sp³-hybridized carbons (Fsp3) is 0.111. The topological polar surface area (TPSA) is 69.6 Å². The monoisotopic (exact) mass is 560 g/mol. The number of phenolic OH excluding ortho intramolecular Hbond substituents is 1. The Morgan fingerprint density at radius 2 is 1.84 bits per heavy atom. The zero-order valence-electron chi connectivity index (χ0n) is 13.2. The van der Waals surface area contributed by atoms with Gasteiger partial charge < -0.3 is 10.4 Å². The van der Waals surface area contributed by atoms with Gasteiger partial charge in [-0.2, -0.15) is 0 Å². The number of benzene rings is 2. The number of carbonyl (C=O) groups excluding carboxylic acids is 2. The second kappa shape index (κ2) is 7.32. The van der Waals surface area contributed by atoms with Gasteiger partial charge in [-0.15, -0.1) is 0 Å². The lowest BCUT2D eigenvalue weighted by Crippen LogP contribution is -2.30. The van der Waals surface area contributed by atoms with E-state index in [9.17, 15) is 14.7 Å². The van der Waals surface area contributed by atoms with Gasteiger partial charge in [0.25, 0.3) is 5.91 Å². The summed E-state index contributed by atoms with van der Waals surface area (Å²) in [5, 5.41) is 12.8. The summed E-state index contributed by atoms with van der Waals surface area (Å²) >= 11 is 4.16. The largest absolute Gasteiger partial charge is 0.506 e. The molecule has 0 bridgehead atoms. The van der Waals surface area contributed by atoms with Gasteiger partial charge in [-0.1, -0.05) is 29.8 Å². The molecular weight excluding hydrogens is 546 g/mol. The SMILES string of the molecule is Cc1ccc(CN2C(=O)N/C(=C/c3cc(I)cc(I)c3O)C2=O)cc1. The molecule has 0 atom stereocenters. The molecule has 0 spiro atoms. The fourth-order valence-electron chi connectivity index (χ4n) is 2.44. The van der Waals surface area contributed by atoms with E-state index in [0.29, 0.717) is 9.13 Å². The summed E-state index contributed by atoms with van der Waals surface area (Å²) in [7, 11) is 0. The van der Waals surface area contributed by atoms with Crippen LogP contribution in [-0.2, 0) is 11.3 Å². The molecule has 0 saturated carbocycles. The molecule has 0 aliphatic carbocycles. The number of nitrogens with one attached hydrogen (secondary N) is 1. The first-order valence-corrected chi connectivity index (χ1v) is 9.59. The molecule has 0 aromatic heterocycles. The molecule has 1 aliphatic rings. The van der Waals surface area contributed by atoms with Gasteiger partial charge in [-0.05, 0) is 75.9 Å². The molecule has 1 fully saturated rings. The Morgan fingerprint density at radius 3 is 2.52 bits per heavy atom. The number of hydrogen-bond donors (Lipinski definition) is 2. The van der Waals surface area contributed by atoms with E-state index in [1.165, 1.54) is 6.08 Å². The van der Waals surface area contributed by atoms with Crippen molar-refractivity contribution in [3.63, 3.8) is 0 Å². The number of rotatable bonds is 3. The van der Waals surface area contributed by atoms with Crippen molar-refractivity contribution in [3.05, 3.63) is 65.9 Å². The molecule has 7 heteroatoms. The summed E-state index contributed by atoms with van der Waals surface area (Å²) in [6.45, 7) is 2.19. The van der Waals surface area contributed by atoms with Crippen molar-refractivity contribution in [3.8, 4) is 5.75 Å². The second-order valence-corrected chi connectivity index (χ2v) is 8.10. The van der Waals surface area contributed by atoms with Gasteiger partial charge in [0.05, 0.1) is 10.1 Å². The third-order valence-corrected chi connectivity index (χ3v) is 5.23. The Bertz CT molecular complexity index is 892. The molecule has 25 heavy (non-hydrogen) atoms. The second-order valence-electron chi connectivity index (χ2n) is 5.69. The Labute approximate surface area is 172 Å². The van der Waals surface area contributed by atoms with E-state index in [1.807, 2.05) is 59.8 Å². The van der Waals surface area contributed by atoms with Gasteiger partial charge in [0.15, 0.2) is 0 Å². The first kappa shape index (κ1) is 18.2. The number of nitrogens with zero attached hydrogens (tertiary/aromatic N) is 1. The molecule has 1 saturated heterocycles. The maximum Gasteiger partial charge on any atom is 0.329 e. The van der Waals surface area contributed by atoms with Crippen LogP contribution in [0, 0.1) is 14.1 Å². The van der Waals surface area contributed by atoms with Crippen LogP contribution in [0.1, 0.15) is 16.7 Å². The third-order valence-electron chi connectivity index (χ3n) is 3.78. The summed E-state index contributed by atoms with van der Waals surface area (Å²) in [4.78, 5) is 25.9. The van der Waals surface area contributed by atoms with Crippen LogP contribution in [0.3, 0.4) is 0 Å². The van der Waals surface area contributed by atoms with Gasteiger partial charge in [0, 0.05) is 9.13 Å². The quantitative estimate of drug-likeness (QED) is 0.339. The van der Waals surface area contributed by atoms with Crippen LogP contribution in [-0.4, -0.2) is 21.9 Å². The predicted octanol–water partition coefficient (Wildman–Crippen LogP) is 4.00. The van der Waals surface area contributed by atoms with Crippen molar-refractivity contribution in [2.24, 2.45) is 0 Å². The maximum absolute atomic E-state index is 12.6. The summed E-state index contributed by atoms with van der Waals surface area (Å²) in [6, 6.07) is 10.8. The van der Waals surface area contributed by atoms with Crippen LogP contribution >= 0.6 is 45.2 Å². The number of phenols is 1. The molecule has 3 amide bonds. The minimum atomic E-state index is -0.461. The van der Waals surface area contributed by atoms with Gasteiger partial charge in [-0.25, -0.2) is 4.79 Å². The molecule has 128 valence electrons. The fourth-order valence-corrected chi connectivity index (χ4v) is 4.33. The van der Waals surface area contributed by atoms with Crippen molar-refractivity contribution < 1.29 is 14.7 Å². The van der Waals surface area contributed by atoms with Crippen LogP contribution in [0.5, 0.6) is 5.75 Å². The summed E-state index contributed by atoms with van der Waals surface area (Å²) < 4.78 is 1.62. The average molecular weight is 560 g/mol.